The summed E-state index contributed by atoms with van der Waals surface area (Å²) in [5.74, 6) is 0.885. The molecule has 1 aromatic heterocycles. The van der Waals surface area contributed by atoms with E-state index in [1.54, 1.807) is 30.0 Å². The van der Waals surface area contributed by atoms with Crippen molar-refractivity contribution in [3.63, 3.8) is 0 Å². The fourth-order valence-corrected chi connectivity index (χ4v) is 3.82. The van der Waals surface area contributed by atoms with E-state index in [0.29, 0.717) is 12.6 Å². The summed E-state index contributed by atoms with van der Waals surface area (Å²) < 4.78 is 0. The fraction of sp³-hybridized carbons (Fsp3) is 0.500. The third-order valence-corrected chi connectivity index (χ3v) is 5.25. The lowest BCUT2D eigenvalue weighted by atomic mass is 10.3. The molecule has 1 amide bonds. The Morgan fingerprint density at radius 1 is 1.52 bits per heavy atom. The van der Waals surface area contributed by atoms with Gasteiger partial charge < -0.3 is 5.32 Å². The Balaban J connectivity index is 1.56. The van der Waals surface area contributed by atoms with E-state index in [0.717, 1.165) is 23.1 Å². The van der Waals surface area contributed by atoms with Crippen molar-refractivity contribution in [3.8, 4) is 0 Å². The molecule has 112 valence electrons. The lowest BCUT2D eigenvalue weighted by Crippen LogP contribution is -2.25. The molecule has 0 atom stereocenters. The Kier molecular flexibility index (Phi) is 4.60. The minimum Gasteiger partial charge on any atom is -0.356 e. The van der Waals surface area contributed by atoms with Gasteiger partial charge in [-0.1, -0.05) is 11.8 Å². The first-order valence-electron chi connectivity index (χ1n) is 7.07. The minimum atomic E-state index is 0.0199. The predicted octanol–water partition coefficient (Wildman–Crippen LogP) is 1.99. The van der Waals surface area contributed by atoms with Crippen LogP contribution in [0.5, 0.6) is 0 Å². The van der Waals surface area contributed by atoms with E-state index in [4.69, 9.17) is 0 Å². The molecule has 21 heavy (non-hydrogen) atoms. The zero-order valence-electron chi connectivity index (χ0n) is 11.9. The van der Waals surface area contributed by atoms with Gasteiger partial charge in [0.1, 0.15) is 0 Å². The van der Waals surface area contributed by atoms with Crippen molar-refractivity contribution in [2.75, 3.05) is 12.3 Å². The molecule has 1 aromatic rings. The van der Waals surface area contributed by atoms with E-state index in [1.165, 1.54) is 22.6 Å². The third-order valence-electron chi connectivity index (χ3n) is 3.17. The molecule has 1 aliphatic heterocycles. The molecule has 7 heteroatoms. The van der Waals surface area contributed by atoms with Crippen LogP contribution in [0, 0.1) is 0 Å². The van der Waals surface area contributed by atoms with E-state index >= 15 is 0 Å². The molecule has 0 bridgehead atoms. The summed E-state index contributed by atoms with van der Waals surface area (Å²) in [4.78, 5) is 17.9. The van der Waals surface area contributed by atoms with Gasteiger partial charge in [-0.3, -0.25) is 15.2 Å². The number of hydrogen-bond acceptors (Lipinski definition) is 5. The molecule has 2 heterocycles. The molecule has 0 spiro atoms. The highest BCUT2D eigenvalue weighted by Gasteiger charge is 2.22. The molecule has 1 fully saturated rings. The number of nitrogens with one attached hydrogen (secondary N) is 2. The van der Waals surface area contributed by atoms with Crippen LogP contribution in [0.3, 0.4) is 0 Å². The SMILES string of the molecule is CC(=O)NCCc1ccc(C2=NNC(=NC3CC3)SC2)s1. The highest BCUT2D eigenvalue weighted by atomic mass is 32.2. The molecular weight excluding hydrogens is 304 g/mol. The zero-order valence-corrected chi connectivity index (χ0v) is 13.5. The van der Waals surface area contributed by atoms with Crippen LogP contribution < -0.4 is 10.7 Å². The molecule has 1 saturated carbocycles. The Morgan fingerprint density at radius 2 is 2.38 bits per heavy atom. The van der Waals surface area contributed by atoms with Crippen LogP contribution in [-0.2, 0) is 11.2 Å². The van der Waals surface area contributed by atoms with E-state index in [2.05, 4.69) is 33.0 Å². The monoisotopic (exact) mass is 322 g/mol. The van der Waals surface area contributed by atoms with Gasteiger partial charge in [-0.15, -0.1) is 11.3 Å². The van der Waals surface area contributed by atoms with Gasteiger partial charge in [-0.2, -0.15) is 5.10 Å². The summed E-state index contributed by atoms with van der Waals surface area (Å²) in [6.45, 7) is 2.23. The Labute approximate surface area is 132 Å². The van der Waals surface area contributed by atoms with Crippen molar-refractivity contribution in [2.24, 2.45) is 10.1 Å². The molecule has 2 N–H and O–H groups in total. The van der Waals surface area contributed by atoms with Crippen LogP contribution in [0.1, 0.15) is 29.5 Å². The highest BCUT2D eigenvalue weighted by molar-refractivity contribution is 8.14. The van der Waals surface area contributed by atoms with Gasteiger partial charge in [0.05, 0.1) is 16.6 Å². The molecule has 0 unspecified atom stereocenters. The zero-order chi connectivity index (χ0) is 14.7. The second kappa shape index (κ2) is 6.62. The number of amidine groups is 1. The smallest absolute Gasteiger partial charge is 0.216 e. The van der Waals surface area contributed by atoms with Crippen LogP contribution in [0.15, 0.2) is 22.2 Å². The molecule has 0 radical (unpaired) electrons. The van der Waals surface area contributed by atoms with Gasteiger partial charge in [0, 0.05) is 24.1 Å². The maximum atomic E-state index is 10.8. The summed E-state index contributed by atoms with van der Waals surface area (Å²) in [6, 6.07) is 4.75. The number of thiophene rings is 1. The number of hydrazone groups is 1. The second-order valence-corrected chi connectivity index (χ2v) is 7.26. The summed E-state index contributed by atoms with van der Waals surface area (Å²) >= 11 is 3.47. The molecule has 5 nitrogen and oxygen atoms in total. The predicted molar refractivity (Wildman–Crippen MR) is 89.3 cm³/mol. The second-order valence-electron chi connectivity index (χ2n) is 5.12. The average Bonchev–Trinajstić information content (AvgIpc) is 3.15. The highest BCUT2D eigenvalue weighted by Crippen LogP contribution is 2.26. The largest absolute Gasteiger partial charge is 0.356 e. The van der Waals surface area contributed by atoms with Crippen molar-refractivity contribution in [2.45, 2.75) is 32.2 Å². The van der Waals surface area contributed by atoms with Gasteiger partial charge in [-0.05, 0) is 31.4 Å². The van der Waals surface area contributed by atoms with E-state index in [-0.39, 0.29) is 5.91 Å². The Bertz CT molecular complexity index is 590. The first-order valence-corrected chi connectivity index (χ1v) is 8.87. The van der Waals surface area contributed by atoms with Crippen molar-refractivity contribution in [1.29, 1.82) is 0 Å². The standard InChI is InChI=1S/C14H18N4OS2/c1-9(19)15-7-6-11-4-5-13(21-11)12-8-20-14(18-17-12)16-10-2-3-10/h4-5,10H,2-3,6-8H2,1H3,(H,15,19)(H,16,18). The summed E-state index contributed by atoms with van der Waals surface area (Å²) in [6.07, 6.45) is 3.29. The molecule has 0 saturated heterocycles. The molecule has 0 aromatic carbocycles. The maximum absolute atomic E-state index is 10.8. The molecule has 2 aliphatic rings. The van der Waals surface area contributed by atoms with Gasteiger partial charge in [0.25, 0.3) is 0 Å². The third kappa shape index (κ3) is 4.31. The Morgan fingerprint density at radius 3 is 3.05 bits per heavy atom. The minimum absolute atomic E-state index is 0.0199. The van der Waals surface area contributed by atoms with Crippen LogP contribution >= 0.6 is 23.1 Å². The number of aliphatic imine (C=N–C) groups is 1. The lowest BCUT2D eigenvalue weighted by molar-refractivity contribution is -0.118. The van der Waals surface area contributed by atoms with Gasteiger partial charge >= 0.3 is 0 Å². The van der Waals surface area contributed by atoms with Gasteiger partial charge in [0.2, 0.25) is 5.91 Å². The Hall–Kier alpha value is -1.34. The first-order chi connectivity index (χ1) is 10.2. The number of carbonyl (C=O) groups excluding carboxylic acids is 1. The number of thioether (sulfide) groups is 1. The van der Waals surface area contributed by atoms with Crippen LogP contribution in [0.2, 0.25) is 0 Å². The van der Waals surface area contributed by atoms with Gasteiger partial charge in [-0.25, -0.2) is 0 Å². The van der Waals surface area contributed by atoms with Crippen molar-refractivity contribution >= 4 is 39.9 Å². The topological polar surface area (TPSA) is 65.8 Å². The summed E-state index contributed by atoms with van der Waals surface area (Å²) in [5, 5.41) is 8.21. The summed E-state index contributed by atoms with van der Waals surface area (Å²) in [7, 11) is 0. The lowest BCUT2D eigenvalue weighted by Gasteiger charge is -2.13. The van der Waals surface area contributed by atoms with Gasteiger partial charge in [0.15, 0.2) is 5.17 Å². The van der Waals surface area contributed by atoms with Crippen molar-refractivity contribution < 1.29 is 4.79 Å². The number of rotatable bonds is 5. The molecule has 3 rings (SSSR count). The van der Waals surface area contributed by atoms with Crippen molar-refractivity contribution in [1.82, 2.24) is 10.7 Å². The number of nitrogens with zero attached hydrogens (tertiary/aromatic N) is 2. The fourth-order valence-electron chi connectivity index (χ4n) is 1.91. The van der Waals surface area contributed by atoms with Crippen LogP contribution in [-0.4, -0.2) is 35.1 Å². The van der Waals surface area contributed by atoms with Crippen LogP contribution in [0.4, 0.5) is 0 Å². The normalized spacial score (nSPS) is 20.0. The molecular formula is C14H18N4OS2. The number of hydrogen-bond donors (Lipinski definition) is 2. The average molecular weight is 322 g/mol. The van der Waals surface area contributed by atoms with Crippen molar-refractivity contribution in [3.05, 3.63) is 21.9 Å². The quantitative estimate of drug-likeness (QED) is 0.871. The maximum Gasteiger partial charge on any atom is 0.216 e. The first kappa shape index (κ1) is 14.6. The van der Waals surface area contributed by atoms with E-state index in [1.807, 2.05) is 0 Å². The van der Waals surface area contributed by atoms with Crippen LogP contribution in [0.25, 0.3) is 0 Å². The number of carbonyl (C=O) groups is 1. The number of amides is 1. The molecule has 1 aliphatic carbocycles. The van der Waals surface area contributed by atoms with E-state index in [9.17, 15) is 4.79 Å². The summed E-state index contributed by atoms with van der Waals surface area (Å²) in [5.41, 5.74) is 4.13. The van der Waals surface area contributed by atoms with E-state index < -0.39 is 0 Å².